The second-order valence-electron chi connectivity index (χ2n) is 2.62. The molecule has 0 bridgehead atoms. The van der Waals surface area contributed by atoms with Crippen LogP contribution < -0.4 is 10.6 Å². The van der Waals surface area contributed by atoms with Gasteiger partial charge in [0, 0.05) is 14.1 Å². The molecule has 2 heterocycles. The summed E-state index contributed by atoms with van der Waals surface area (Å²) in [5, 5.41) is 9.62. The molecule has 2 aromatic heterocycles. The first-order valence-electron chi connectivity index (χ1n) is 4.30. The second kappa shape index (κ2) is 3.86. The molecule has 0 spiro atoms. The summed E-state index contributed by atoms with van der Waals surface area (Å²) in [6.45, 7) is 0. The highest BCUT2D eigenvalue weighted by atomic mass is 15.4. The molecule has 0 aliphatic heterocycles. The van der Waals surface area contributed by atoms with E-state index in [0.717, 1.165) is 0 Å². The lowest BCUT2D eigenvalue weighted by molar-refractivity contribution is 0.798. The van der Waals surface area contributed by atoms with Gasteiger partial charge in [-0.05, 0) is 0 Å². The van der Waals surface area contributed by atoms with Gasteiger partial charge in [0.2, 0.25) is 11.9 Å². The Labute approximate surface area is 85.8 Å². The fraction of sp³-hybridized carbons (Fsp3) is 0.286. The molecule has 0 unspecified atom stereocenters. The number of nitrogens with zero attached hydrogens (tertiary/aromatic N) is 6. The number of hydrogen-bond donors (Lipinski definition) is 2. The van der Waals surface area contributed by atoms with Gasteiger partial charge in [-0.25, -0.2) is 4.98 Å². The monoisotopic (exact) mass is 206 g/mol. The molecule has 0 aliphatic rings. The summed E-state index contributed by atoms with van der Waals surface area (Å²) in [4.78, 5) is 16.2. The molecule has 0 fully saturated rings. The average molecular weight is 206 g/mol. The minimum atomic E-state index is 0.413. The Balaban J connectivity index is 2.47. The summed E-state index contributed by atoms with van der Waals surface area (Å²) < 4.78 is 1.46. The van der Waals surface area contributed by atoms with Crippen LogP contribution in [-0.2, 0) is 0 Å². The van der Waals surface area contributed by atoms with Crippen molar-refractivity contribution in [3.8, 4) is 5.95 Å². The van der Waals surface area contributed by atoms with Crippen LogP contribution in [0.4, 0.5) is 11.9 Å². The van der Waals surface area contributed by atoms with Gasteiger partial charge >= 0.3 is 0 Å². The Morgan fingerprint density at radius 1 is 1.07 bits per heavy atom. The topological polar surface area (TPSA) is 93.4 Å². The molecule has 0 saturated carbocycles. The predicted molar refractivity (Wildman–Crippen MR) is 53.8 cm³/mol. The molecule has 2 N–H and O–H groups in total. The zero-order valence-corrected chi connectivity index (χ0v) is 8.34. The van der Waals surface area contributed by atoms with Crippen LogP contribution in [0, 0.1) is 0 Å². The standard InChI is InChI=1S/C7H10N8/c1-8-5-12-6(9-2)14-7(13-5)15-4-10-3-11-15/h3-4H,1-2H3,(H2,8,9,12,13,14). The molecule has 8 nitrogen and oxygen atoms in total. The Kier molecular flexibility index (Phi) is 2.40. The maximum atomic E-state index is 4.13. The van der Waals surface area contributed by atoms with E-state index in [4.69, 9.17) is 0 Å². The summed E-state index contributed by atoms with van der Waals surface area (Å²) in [5.74, 6) is 1.36. The number of hydrogen-bond acceptors (Lipinski definition) is 7. The molecule has 0 atom stereocenters. The quantitative estimate of drug-likeness (QED) is 0.701. The van der Waals surface area contributed by atoms with Crippen LogP contribution in [0.15, 0.2) is 12.7 Å². The molecule has 0 amide bonds. The first-order valence-corrected chi connectivity index (χ1v) is 4.30. The summed E-state index contributed by atoms with van der Waals surface area (Å²) >= 11 is 0. The van der Waals surface area contributed by atoms with Gasteiger partial charge in [-0.2, -0.15) is 24.7 Å². The van der Waals surface area contributed by atoms with E-state index < -0.39 is 0 Å². The fourth-order valence-corrected chi connectivity index (χ4v) is 1.00. The first kappa shape index (κ1) is 9.31. The van der Waals surface area contributed by atoms with Gasteiger partial charge in [-0.15, -0.1) is 0 Å². The van der Waals surface area contributed by atoms with Crippen molar-refractivity contribution in [3.05, 3.63) is 12.7 Å². The Morgan fingerprint density at radius 2 is 1.73 bits per heavy atom. The maximum Gasteiger partial charge on any atom is 0.258 e. The molecule has 0 aromatic carbocycles. The van der Waals surface area contributed by atoms with Crippen molar-refractivity contribution in [2.24, 2.45) is 0 Å². The zero-order valence-electron chi connectivity index (χ0n) is 8.34. The van der Waals surface area contributed by atoms with E-state index in [2.05, 4.69) is 35.7 Å². The molecule has 8 heteroatoms. The van der Waals surface area contributed by atoms with Crippen LogP contribution in [0.25, 0.3) is 5.95 Å². The van der Waals surface area contributed by atoms with Crippen LogP contribution in [0.2, 0.25) is 0 Å². The van der Waals surface area contributed by atoms with E-state index >= 15 is 0 Å². The highest BCUT2D eigenvalue weighted by molar-refractivity contribution is 5.36. The van der Waals surface area contributed by atoms with Crippen LogP contribution in [0.5, 0.6) is 0 Å². The van der Waals surface area contributed by atoms with Crippen molar-refractivity contribution in [1.29, 1.82) is 0 Å². The van der Waals surface area contributed by atoms with Gasteiger partial charge in [-0.3, -0.25) is 0 Å². The molecule has 78 valence electrons. The smallest absolute Gasteiger partial charge is 0.258 e. The van der Waals surface area contributed by atoms with Crippen LogP contribution in [0.1, 0.15) is 0 Å². The van der Waals surface area contributed by atoms with Gasteiger partial charge in [0.1, 0.15) is 12.7 Å². The number of anilines is 2. The van der Waals surface area contributed by atoms with Crippen molar-refractivity contribution in [2.75, 3.05) is 24.7 Å². The first-order chi connectivity index (χ1) is 7.33. The SMILES string of the molecule is CNc1nc(NC)nc(-n2cncn2)n1. The molecule has 2 rings (SSSR count). The van der Waals surface area contributed by atoms with Gasteiger partial charge in [0.25, 0.3) is 5.95 Å². The molecule has 0 radical (unpaired) electrons. The van der Waals surface area contributed by atoms with E-state index in [1.807, 2.05) is 0 Å². The average Bonchev–Trinajstić information content (AvgIpc) is 2.81. The number of aromatic nitrogens is 6. The van der Waals surface area contributed by atoms with E-state index in [9.17, 15) is 0 Å². The Morgan fingerprint density at radius 3 is 2.20 bits per heavy atom. The summed E-state index contributed by atoms with van der Waals surface area (Å²) in [6, 6.07) is 0. The van der Waals surface area contributed by atoms with Crippen LogP contribution >= 0.6 is 0 Å². The molecular formula is C7H10N8. The van der Waals surface area contributed by atoms with Crippen molar-refractivity contribution >= 4 is 11.9 Å². The van der Waals surface area contributed by atoms with Crippen LogP contribution in [0.3, 0.4) is 0 Å². The highest BCUT2D eigenvalue weighted by Gasteiger charge is 2.06. The van der Waals surface area contributed by atoms with Gasteiger partial charge in [0.15, 0.2) is 0 Å². The summed E-state index contributed by atoms with van der Waals surface area (Å²) in [6.07, 6.45) is 2.94. The van der Waals surface area contributed by atoms with Crippen molar-refractivity contribution in [1.82, 2.24) is 29.7 Å². The third kappa shape index (κ3) is 1.82. The minimum absolute atomic E-state index is 0.413. The third-order valence-corrected chi connectivity index (χ3v) is 1.69. The van der Waals surface area contributed by atoms with E-state index in [1.54, 1.807) is 14.1 Å². The largest absolute Gasteiger partial charge is 0.357 e. The van der Waals surface area contributed by atoms with Gasteiger partial charge in [0.05, 0.1) is 0 Å². The lowest BCUT2D eigenvalue weighted by Crippen LogP contribution is -2.09. The van der Waals surface area contributed by atoms with Crippen LogP contribution in [-0.4, -0.2) is 43.8 Å². The maximum absolute atomic E-state index is 4.13. The minimum Gasteiger partial charge on any atom is -0.357 e. The molecule has 2 aromatic rings. The molecular weight excluding hydrogens is 196 g/mol. The molecule has 0 aliphatic carbocycles. The van der Waals surface area contributed by atoms with E-state index in [1.165, 1.54) is 17.3 Å². The summed E-state index contributed by atoms with van der Waals surface area (Å²) in [5.41, 5.74) is 0. The fourth-order valence-electron chi connectivity index (χ4n) is 1.00. The molecule has 15 heavy (non-hydrogen) atoms. The van der Waals surface area contributed by atoms with E-state index in [0.29, 0.717) is 17.8 Å². The Hall–Kier alpha value is -2.25. The van der Waals surface area contributed by atoms with Gasteiger partial charge in [-0.1, -0.05) is 0 Å². The van der Waals surface area contributed by atoms with Crippen molar-refractivity contribution < 1.29 is 0 Å². The second-order valence-corrected chi connectivity index (χ2v) is 2.62. The Bertz CT molecular complexity index is 414. The lowest BCUT2D eigenvalue weighted by atomic mass is 10.8. The van der Waals surface area contributed by atoms with Gasteiger partial charge < -0.3 is 10.6 Å². The van der Waals surface area contributed by atoms with Crippen molar-refractivity contribution in [3.63, 3.8) is 0 Å². The lowest BCUT2D eigenvalue weighted by Gasteiger charge is -2.04. The third-order valence-electron chi connectivity index (χ3n) is 1.69. The predicted octanol–water partition coefficient (Wildman–Crippen LogP) is -0.464. The summed E-state index contributed by atoms with van der Waals surface area (Å²) in [7, 11) is 3.47. The number of rotatable bonds is 3. The normalized spacial score (nSPS) is 10.0. The zero-order chi connectivity index (χ0) is 10.7. The highest BCUT2D eigenvalue weighted by Crippen LogP contribution is 2.06. The van der Waals surface area contributed by atoms with Crippen molar-refractivity contribution in [2.45, 2.75) is 0 Å². The number of nitrogens with one attached hydrogen (secondary N) is 2. The van der Waals surface area contributed by atoms with E-state index in [-0.39, 0.29) is 0 Å². The molecule has 0 saturated heterocycles.